The Kier molecular flexibility index (Phi) is 5.70. The zero-order chi connectivity index (χ0) is 21.5. The van der Waals surface area contributed by atoms with Gasteiger partial charge in [-0.05, 0) is 42.2 Å². The van der Waals surface area contributed by atoms with Crippen LogP contribution in [0, 0.1) is 10.8 Å². The molecule has 0 N–H and O–H groups in total. The number of para-hydroxylation sites is 1. The summed E-state index contributed by atoms with van der Waals surface area (Å²) in [6.45, 7) is 8.61. The van der Waals surface area contributed by atoms with Crippen molar-refractivity contribution in [3.63, 3.8) is 0 Å². The van der Waals surface area contributed by atoms with Gasteiger partial charge >= 0.3 is 0 Å². The summed E-state index contributed by atoms with van der Waals surface area (Å²) in [5.41, 5.74) is 1.07. The normalized spacial score (nSPS) is 25.1. The van der Waals surface area contributed by atoms with Crippen molar-refractivity contribution in [2.24, 2.45) is 10.8 Å². The highest BCUT2D eigenvalue weighted by molar-refractivity contribution is 7.99. The van der Waals surface area contributed by atoms with Crippen LogP contribution in [0.15, 0.2) is 34.2 Å². The van der Waals surface area contributed by atoms with Gasteiger partial charge < -0.3 is 9.64 Å². The Morgan fingerprint density at radius 1 is 1.27 bits per heavy atom. The molecule has 162 valence electrons. The summed E-state index contributed by atoms with van der Waals surface area (Å²) in [7, 11) is 1.61. The van der Waals surface area contributed by atoms with Crippen molar-refractivity contribution in [3.8, 4) is 0 Å². The topological polar surface area (TPSA) is 64.4 Å². The van der Waals surface area contributed by atoms with Gasteiger partial charge in [-0.25, -0.2) is 4.98 Å². The molecule has 2 aromatic rings. The van der Waals surface area contributed by atoms with Crippen LogP contribution in [0.5, 0.6) is 0 Å². The van der Waals surface area contributed by atoms with Crippen molar-refractivity contribution in [1.29, 1.82) is 0 Å². The van der Waals surface area contributed by atoms with Crippen LogP contribution >= 0.6 is 11.8 Å². The van der Waals surface area contributed by atoms with Crippen molar-refractivity contribution in [2.75, 3.05) is 26.0 Å². The number of likely N-dealkylation sites (tertiary alicyclic amines) is 1. The zero-order valence-electron chi connectivity index (χ0n) is 18.3. The van der Waals surface area contributed by atoms with E-state index in [2.05, 4.69) is 25.7 Å². The van der Waals surface area contributed by atoms with Crippen LogP contribution in [0.25, 0.3) is 10.9 Å². The fraction of sp³-hybridized carbons (Fsp3) is 0.609. The number of amides is 1. The summed E-state index contributed by atoms with van der Waals surface area (Å²) in [5, 5.41) is 1.17. The third-order valence-corrected chi connectivity index (χ3v) is 7.37. The first-order chi connectivity index (χ1) is 14.2. The van der Waals surface area contributed by atoms with E-state index in [1.165, 1.54) is 11.8 Å². The summed E-state index contributed by atoms with van der Waals surface area (Å²) >= 11 is 1.36. The van der Waals surface area contributed by atoms with Crippen LogP contribution in [0.4, 0.5) is 0 Å². The fourth-order valence-corrected chi connectivity index (χ4v) is 6.51. The zero-order valence-corrected chi connectivity index (χ0v) is 19.1. The van der Waals surface area contributed by atoms with Crippen LogP contribution < -0.4 is 5.56 Å². The Morgan fingerprint density at radius 2 is 2.03 bits per heavy atom. The van der Waals surface area contributed by atoms with E-state index in [1.807, 2.05) is 18.2 Å². The molecule has 1 amide bonds. The standard InChI is InChI=1S/C23H31N3O3S/c1-22(2)11-16-12-23(3,14-22)15-26(16)19(27)13-30-21-24-18-8-6-5-7-17(18)20(28)25(21)9-10-29-4/h5-8,16H,9-15H2,1-4H3/t16-,23-/m1/s1. The second-order valence-electron chi connectivity index (χ2n) is 9.89. The number of hydrogen-bond acceptors (Lipinski definition) is 5. The Labute approximate surface area is 182 Å². The number of methoxy groups -OCH3 is 1. The molecule has 2 heterocycles. The molecule has 30 heavy (non-hydrogen) atoms. The molecule has 2 fully saturated rings. The number of carbonyl (C=O) groups is 1. The van der Waals surface area contributed by atoms with Gasteiger partial charge in [-0.15, -0.1) is 0 Å². The number of thioether (sulfide) groups is 1. The van der Waals surface area contributed by atoms with E-state index in [-0.39, 0.29) is 22.3 Å². The predicted molar refractivity (Wildman–Crippen MR) is 120 cm³/mol. The molecule has 6 nitrogen and oxygen atoms in total. The van der Waals surface area contributed by atoms with Gasteiger partial charge in [-0.1, -0.05) is 44.7 Å². The third-order valence-electron chi connectivity index (χ3n) is 6.41. The largest absolute Gasteiger partial charge is 0.383 e. The van der Waals surface area contributed by atoms with Gasteiger partial charge in [-0.2, -0.15) is 0 Å². The summed E-state index contributed by atoms with van der Waals surface area (Å²) in [5.74, 6) is 0.442. The monoisotopic (exact) mass is 429 g/mol. The molecule has 2 aliphatic rings. The number of ether oxygens (including phenoxy) is 1. The lowest BCUT2D eigenvalue weighted by Gasteiger charge is -2.39. The van der Waals surface area contributed by atoms with Crippen LogP contribution in [0.1, 0.15) is 40.0 Å². The maximum atomic E-state index is 13.2. The number of carbonyl (C=O) groups excluding carboxylic acids is 1. The first-order valence-corrected chi connectivity index (χ1v) is 11.6. The predicted octanol–water partition coefficient (Wildman–Crippen LogP) is 3.56. The molecule has 4 rings (SSSR count). The fourth-order valence-electron chi connectivity index (χ4n) is 5.60. The Hall–Kier alpha value is -1.86. The van der Waals surface area contributed by atoms with Crippen LogP contribution in [0.3, 0.4) is 0 Å². The molecule has 0 spiro atoms. The highest BCUT2D eigenvalue weighted by Gasteiger charge is 2.50. The van der Waals surface area contributed by atoms with E-state index in [0.717, 1.165) is 25.8 Å². The van der Waals surface area contributed by atoms with E-state index < -0.39 is 0 Å². The average Bonchev–Trinajstić information content (AvgIpc) is 2.94. The maximum absolute atomic E-state index is 13.2. The van der Waals surface area contributed by atoms with Crippen molar-refractivity contribution < 1.29 is 9.53 Å². The van der Waals surface area contributed by atoms with Crippen molar-refractivity contribution in [3.05, 3.63) is 34.6 Å². The minimum Gasteiger partial charge on any atom is -0.383 e. The molecule has 0 unspecified atom stereocenters. The summed E-state index contributed by atoms with van der Waals surface area (Å²) < 4.78 is 6.82. The van der Waals surface area contributed by atoms with Gasteiger partial charge in [0.1, 0.15) is 0 Å². The van der Waals surface area contributed by atoms with Crippen molar-refractivity contribution >= 4 is 28.6 Å². The number of fused-ring (bicyclic) bond motifs is 3. The first kappa shape index (κ1) is 21.4. The molecule has 0 radical (unpaired) electrons. The van der Waals surface area contributed by atoms with Crippen LogP contribution in [-0.2, 0) is 16.1 Å². The number of benzene rings is 1. The summed E-state index contributed by atoms with van der Waals surface area (Å²) in [6.07, 6.45) is 3.32. The summed E-state index contributed by atoms with van der Waals surface area (Å²) in [6, 6.07) is 7.68. The molecular weight excluding hydrogens is 398 g/mol. The lowest BCUT2D eigenvalue weighted by Crippen LogP contribution is -2.38. The SMILES string of the molecule is COCCn1c(SCC(=O)N2C[C@]3(C)C[C@H]2CC(C)(C)C3)nc2ccccc2c1=O. The minimum absolute atomic E-state index is 0.0844. The highest BCUT2D eigenvalue weighted by atomic mass is 32.2. The quantitative estimate of drug-likeness (QED) is 0.519. The molecule has 1 aromatic carbocycles. The Balaban J connectivity index is 1.55. The average molecular weight is 430 g/mol. The molecule has 1 saturated heterocycles. The number of rotatable bonds is 6. The molecule has 1 aliphatic heterocycles. The van der Waals surface area contributed by atoms with E-state index in [1.54, 1.807) is 17.7 Å². The molecule has 2 atom stereocenters. The Morgan fingerprint density at radius 3 is 2.80 bits per heavy atom. The van der Waals surface area contributed by atoms with E-state index in [0.29, 0.717) is 41.0 Å². The van der Waals surface area contributed by atoms with Gasteiger partial charge in [0.05, 0.1) is 29.8 Å². The first-order valence-electron chi connectivity index (χ1n) is 10.6. The van der Waals surface area contributed by atoms with Gasteiger partial charge in [0.15, 0.2) is 5.16 Å². The van der Waals surface area contributed by atoms with E-state index >= 15 is 0 Å². The smallest absolute Gasteiger partial charge is 0.262 e. The van der Waals surface area contributed by atoms with Crippen molar-refractivity contribution in [2.45, 2.75) is 57.8 Å². The molecule has 2 bridgehead atoms. The second kappa shape index (κ2) is 8.00. The minimum atomic E-state index is -0.0844. The molecule has 7 heteroatoms. The highest BCUT2D eigenvalue weighted by Crippen LogP contribution is 2.52. The summed E-state index contributed by atoms with van der Waals surface area (Å²) in [4.78, 5) is 32.9. The number of aromatic nitrogens is 2. The molecule has 1 aromatic heterocycles. The third kappa shape index (κ3) is 4.14. The van der Waals surface area contributed by atoms with Gasteiger partial charge in [0.2, 0.25) is 5.91 Å². The molecule has 1 aliphatic carbocycles. The van der Waals surface area contributed by atoms with Crippen LogP contribution in [-0.4, -0.2) is 52.4 Å². The second-order valence-corrected chi connectivity index (χ2v) is 10.8. The van der Waals surface area contributed by atoms with E-state index in [9.17, 15) is 9.59 Å². The van der Waals surface area contributed by atoms with Gasteiger partial charge in [0.25, 0.3) is 5.56 Å². The van der Waals surface area contributed by atoms with Gasteiger partial charge in [-0.3, -0.25) is 14.2 Å². The lowest BCUT2D eigenvalue weighted by molar-refractivity contribution is -0.129. The lowest BCUT2D eigenvalue weighted by atomic mass is 9.65. The van der Waals surface area contributed by atoms with Crippen molar-refractivity contribution in [1.82, 2.24) is 14.5 Å². The van der Waals surface area contributed by atoms with E-state index in [4.69, 9.17) is 9.72 Å². The Bertz CT molecular complexity index is 1020. The molecule has 1 saturated carbocycles. The van der Waals surface area contributed by atoms with Gasteiger partial charge in [0, 0.05) is 19.7 Å². The number of hydrogen-bond donors (Lipinski definition) is 0. The number of nitrogens with zero attached hydrogens (tertiary/aromatic N) is 3. The van der Waals surface area contributed by atoms with Crippen LogP contribution in [0.2, 0.25) is 0 Å². The molecular formula is C23H31N3O3S. The maximum Gasteiger partial charge on any atom is 0.262 e.